The first-order valence-electron chi connectivity index (χ1n) is 5.75. The molecule has 0 aliphatic heterocycles. The molecule has 0 fully saturated rings. The Morgan fingerprint density at radius 3 is 2.76 bits per heavy atom. The summed E-state index contributed by atoms with van der Waals surface area (Å²) in [4.78, 5) is 15.8. The first-order valence-corrected chi connectivity index (χ1v) is 5.75. The number of hydrogen-bond donors (Lipinski definition) is 3. The Hall–Kier alpha value is -1.62. The van der Waals surface area contributed by atoms with Crippen LogP contribution in [0.1, 0.15) is 31.1 Å². The fourth-order valence-corrected chi connectivity index (χ4v) is 1.29. The Kier molecular flexibility index (Phi) is 4.90. The van der Waals surface area contributed by atoms with E-state index in [-0.39, 0.29) is 5.91 Å². The summed E-state index contributed by atoms with van der Waals surface area (Å²) in [6.07, 6.45) is 3.10. The second kappa shape index (κ2) is 6.20. The van der Waals surface area contributed by atoms with Crippen LogP contribution in [0, 0.1) is 11.8 Å². The van der Waals surface area contributed by atoms with Gasteiger partial charge in [0.2, 0.25) is 0 Å². The molecule has 17 heavy (non-hydrogen) atoms. The molecule has 0 spiro atoms. The number of nitrogens with two attached hydrogens (primary N) is 1. The molecule has 0 aliphatic rings. The molecular formula is C12H20N4O. The molecule has 0 saturated carbocycles. The van der Waals surface area contributed by atoms with E-state index in [9.17, 15) is 4.79 Å². The molecule has 0 aliphatic carbocycles. The molecule has 1 aromatic rings. The third-order valence-corrected chi connectivity index (χ3v) is 2.94. The van der Waals surface area contributed by atoms with Crippen LogP contribution in [0.3, 0.4) is 0 Å². The second-order valence-corrected chi connectivity index (χ2v) is 4.50. The lowest BCUT2D eigenvalue weighted by atomic mass is 9.98. The predicted octanol–water partition coefficient (Wildman–Crippen LogP) is 1.39. The van der Waals surface area contributed by atoms with Crippen molar-refractivity contribution in [1.29, 1.82) is 0 Å². The molecule has 0 saturated heterocycles. The van der Waals surface area contributed by atoms with Gasteiger partial charge in [0.05, 0.1) is 17.4 Å². The fourth-order valence-electron chi connectivity index (χ4n) is 1.29. The summed E-state index contributed by atoms with van der Waals surface area (Å²) >= 11 is 0. The highest BCUT2D eigenvalue weighted by Gasteiger charge is 2.13. The van der Waals surface area contributed by atoms with E-state index in [1.54, 1.807) is 12.3 Å². The van der Waals surface area contributed by atoms with Crippen molar-refractivity contribution in [2.75, 3.05) is 12.0 Å². The predicted molar refractivity (Wildman–Crippen MR) is 68.4 cm³/mol. The van der Waals surface area contributed by atoms with Gasteiger partial charge in [-0.15, -0.1) is 0 Å². The summed E-state index contributed by atoms with van der Waals surface area (Å²) in [7, 11) is 0. The molecule has 0 aromatic carbocycles. The maximum Gasteiger partial charge on any atom is 0.253 e. The fraction of sp³-hybridized carbons (Fsp3) is 0.500. The van der Waals surface area contributed by atoms with E-state index in [1.807, 2.05) is 0 Å². The maximum atomic E-state index is 11.9. The monoisotopic (exact) mass is 236 g/mol. The van der Waals surface area contributed by atoms with Crippen LogP contribution in [-0.4, -0.2) is 17.4 Å². The molecule has 1 unspecified atom stereocenters. The number of nitrogen functional groups attached to an aromatic ring is 1. The molecule has 1 amide bonds. The van der Waals surface area contributed by atoms with E-state index < -0.39 is 0 Å². The van der Waals surface area contributed by atoms with Gasteiger partial charge in [0.25, 0.3) is 5.91 Å². The summed E-state index contributed by atoms with van der Waals surface area (Å²) in [5, 5.41) is 2.89. The SMILES string of the molecule is CC(C)C(C)CNC(=O)c1ccncc1NN. The van der Waals surface area contributed by atoms with Gasteiger partial charge in [0.1, 0.15) is 0 Å². The number of carbonyl (C=O) groups is 1. The zero-order valence-corrected chi connectivity index (χ0v) is 10.5. The minimum Gasteiger partial charge on any atom is -0.352 e. The Bertz CT molecular complexity index is 379. The maximum absolute atomic E-state index is 11.9. The number of aromatic nitrogens is 1. The van der Waals surface area contributed by atoms with Gasteiger partial charge in [-0.25, -0.2) is 0 Å². The van der Waals surface area contributed by atoms with Crippen molar-refractivity contribution in [3.05, 3.63) is 24.0 Å². The summed E-state index contributed by atoms with van der Waals surface area (Å²) in [6, 6.07) is 1.64. The first-order chi connectivity index (χ1) is 8.06. The van der Waals surface area contributed by atoms with Crippen LogP contribution in [0.5, 0.6) is 0 Å². The number of hydrazine groups is 1. The van der Waals surface area contributed by atoms with Crippen molar-refractivity contribution in [2.24, 2.45) is 17.7 Å². The quantitative estimate of drug-likeness (QED) is 0.533. The van der Waals surface area contributed by atoms with E-state index in [4.69, 9.17) is 5.84 Å². The van der Waals surface area contributed by atoms with Crippen LogP contribution >= 0.6 is 0 Å². The van der Waals surface area contributed by atoms with Crippen LogP contribution in [0.15, 0.2) is 18.5 Å². The molecule has 5 heteroatoms. The number of hydrogen-bond acceptors (Lipinski definition) is 4. The highest BCUT2D eigenvalue weighted by atomic mass is 16.1. The van der Waals surface area contributed by atoms with Crippen LogP contribution < -0.4 is 16.6 Å². The minimum absolute atomic E-state index is 0.132. The Morgan fingerprint density at radius 2 is 2.18 bits per heavy atom. The molecular weight excluding hydrogens is 216 g/mol. The lowest BCUT2D eigenvalue weighted by Gasteiger charge is -2.16. The van der Waals surface area contributed by atoms with E-state index in [1.165, 1.54) is 6.20 Å². The summed E-state index contributed by atoms with van der Waals surface area (Å²) < 4.78 is 0. The van der Waals surface area contributed by atoms with Gasteiger partial charge >= 0.3 is 0 Å². The molecule has 0 radical (unpaired) electrons. The topological polar surface area (TPSA) is 80.0 Å². The normalized spacial score (nSPS) is 12.3. The van der Waals surface area contributed by atoms with E-state index >= 15 is 0 Å². The second-order valence-electron chi connectivity index (χ2n) is 4.50. The third kappa shape index (κ3) is 3.71. The minimum atomic E-state index is -0.132. The molecule has 1 aromatic heterocycles. The zero-order chi connectivity index (χ0) is 12.8. The van der Waals surface area contributed by atoms with Gasteiger partial charge in [0, 0.05) is 12.7 Å². The van der Waals surface area contributed by atoms with Gasteiger partial charge in [-0.2, -0.15) is 0 Å². The lowest BCUT2D eigenvalue weighted by Crippen LogP contribution is -2.31. The number of nitrogens with one attached hydrogen (secondary N) is 2. The average molecular weight is 236 g/mol. The number of nitrogens with zero attached hydrogens (tertiary/aromatic N) is 1. The Morgan fingerprint density at radius 1 is 1.47 bits per heavy atom. The van der Waals surface area contributed by atoms with Crippen molar-refractivity contribution in [2.45, 2.75) is 20.8 Å². The third-order valence-electron chi connectivity index (χ3n) is 2.94. The van der Waals surface area contributed by atoms with Gasteiger partial charge in [0.15, 0.2) is 0 Å². The van der Waals surface area contributed by atoms with Crippen molar-refractivity contribution in [3.8, 4) is 0 Å². The van der Waals surface area contributed by atoms with Crippen LogP contribution in [-0.2, 0) is 0 Å². The molecule has 5 nitrogen and oxygen atoms in total. The lowest BCUT2D eigenvalue weighted by molar-refractivity contribution is 0.0945. The number of carbonyl (C=O) groups excluding carboxylic acids is 1. The number of pyridine rings is 1. The highest BCUT2D eigenvalue weighted by Crippen LogP contribution is 2.12. The average Bonchev–Trinajstić information content (AvgIpc) is 2.35. The molecule has 4 N–H and O–H groups in total. The van der Waals surface area contributed by atoms with E-state index in [0.717, 1.165) is 0 Å². The van der Waals surface area contributed by atoms with Gasteiger partial charge in [-0.1, -0.05) is 20.8 Å². The van der Waals surface area contributed by atoms with Crippen LogP contribution in [0.4, 0.5) is 5.69 Å². The van der Waals surface area contributed by atoms with E-state index in [0.29, 0.717) is 29.6 Å². The van der Waals surface area contributed by atoms with Crippen LogP contribution in [0.2, 0.25) is 0 Å². The van der Waals surface area contributed by atoms with E-state index in [2.05, 4.69) is 36.5 Å². The van der Waals surface area contributed by atoms with Gasteiger partial charge in [-0.3, -0.25) is 15.6 Å². The van der Waals surface area contributed by atoms with Crippen molar-refractivity contribution in [3.63, 3.8) is 0 Å². The smallest absolute Gasteiger partial charge is 0.253 e. The summed E-state index contributed by atoms with van der Waals surface area (Å²) in [5.74, 6) is 6.17. The van der Waals surface area contributed by atoms with Gasteiger partial charge < -0.3 is 10.7 Å². The molecule has 1 rings (SSSR count). The largest absolute Gasteiger partial charge is 0.352 e. The number of rotatable bonds is 5. The zero-order valence-electron chi connectivity index (χ0n) is 10.5. The highest BCUT2D eigenvalue weighted by molar-refractivity contribution is 5.99. The molecule has 1 atom stereocenters. The van der Waals surface area contributed by atoms with Crippen molar-refractivity contribution >= 4 is 11.6 Å². The standard InChI is InChI=1S/C12H20N4O/c1-8(2)9(3)6-15-12(17)10-4-5-14-7-11(10)16-13/h4-5,7-9,16H,6,13H2,1-3H3,(H,15,17). The van der Waals surface area contributed by atoms with Crippen molar-refractivity contribution < 1.29 is 4.79 Å². The number of amides is 1. The van der Waals surface area contributed by atoms with Crippen LogP contribution in [0.25, 0.3) is 0 Å². The summed E-state index contributed by atoms with van der Waals surface area (Å²) in [6.45, 7) is 7.04. The van der Waals surface area contributed by atoms with Gasteiger partial charge in [-0.05, 0) is 17.9 Å². The number of anilines is 1. The Labute approximate surface area is 102 Å². The summed E-state index contributed by atoms with van der Waals surface area (Å²) in [5.41, 5.74) is 3.51. The first kappa shape index (κ1) is 13.4. The molecule has 0 bridgehead atoms. The Balaban J connectivity index is 2.64. The van der Waals surface area contributed by atoms with Crippen molar-refractivity contribution in [1.82, 2.24) is 10.3 Å². The molecule has 1 heterocycles. The molecule has 94 valence electrons.